The number of anilines is 3. The molecule has 0 unspecified atom stereocenters. The topological polar surface area (TPSA) is 87.5 Å². The Morgan fingerprint density at radius 1 is 0.938 bits per heavy atom. The summed E-state index contributed by atoms with van der Waals surface area (Å²) < 4.78 is 5.10. The van der Waals surface area contributed by atoms with Gasteiger partial charge in [-0.25, -0.2) is 0 Å². The molecule has 0 bridgehead atoms. The lowest BCUT2D eigenvalue weighted by Gasteiger charge is -2.30. The molecular formula is C24H22N4O3S. The third kappa shape index (κ3) is 4.09. The molecule has 32 heavy (non-hydrogen) atoms. The van der Waals surface area contributed by atoms with Gasteiger partial charge in [-0.3, -0.25) is 14.6 Å². The molecule has 8 heteroatoms. The van der Waals surface area contributed by atoms with Gasteiger partial charge in [-0.05, 0) is 61.7 Å². The van der Waals surface area contributed by atoms with Crippen LogP contribution in [0.15, 0.2) is 65.5 Å². The molecule has 0 radical (unpaired) electrons. The highest BCUT2D eigenvalue weighted by Gasteiger charge is 2.18. The van der Waals surface area contributed by atoms with Crippen LogP contribution in [-0.4, -0.2) is 29.9 Å². The van der Waals surface area contributed by atoms with Gasteiger partial charge in [-0.2, -0.15) is 0 Å². The molecule has 0 atom stereocenters. The average Bonchev–Trinajstić information content (AvgIpc) is 3.52. The number of piperidine rings is 1. The molecular weight excluding hydrogens is 424 g/mol. The molecule has 162 valence electrons. The van der Waals surface area contributed by atoms with Crippen LogP contribution in [0.4, 0.5) is 16.4 Å². The van der Waals surface area contributed by atoms with Crippen LogP contribution in [0.25, 0.3) is 10.8 Å². The zero-order valence-electron chi connectivity index (χ0n) is 17.3. The zero-order chi connectivity index (χ0) is 21.9. The van der Waals surface area contributed by atoms with Crippen LogP contribution in [0, 0.1) is 0 Å². The molecule has 0 spiro atoms. The quantitative estimate of drug-likeness (QED) is 0.429. The lowest BCUT2D eigenvalue weighted by molar-refractivity contribution is 0.0995. The highest BCUT2D eigenvalue weighted by atomic mass is 32.1. The van der Waals surface area contributed by atoms with E-state index in [2.05, 4.69) is 26.6 Å². The number of fused-ring (bicyclic) bond motifs is 1. The zero-order valence-corrected chi connectivity index (χ0v) is 18.2. The minimum Gasteiger partial charge on any atom is -0.459 e. The number of furan rings is 1. The van der Waals surface area contributed by atoms with E-state index in [4.69, 9.17) is 4.42 Å². The summed E-state index contributed by atoms with van der Waals surface area (Å²) >= 11 is 1.21. The summed E-state index contributed by atoms with van der Waals surface area (Å²) in [5.41, 5.74) is 1.90. The van der Waals surface area contributed by atoms with Crippen LogP contribution in [0.3, 0.4) is 0 Å². The predicted molar refractivity (Wildman–Crippen MR) is 127 cm³/mol. The fourth-order valence-corrected chi connectivity index (χ4v) is 4.78. The average molecular weight is 447 g/mol. The molecule has 1 saturated heterocycles. The van der Waals surface area contributed by atoms with Gasteiger partial charge < -0.3 is 20.0 Å². The van der Waals surface area contributed by atoms with E-state index in [1.54, 1.807) is 36.7 Å². The molecule has 5 rings (SSSR count). The van der Waals surface area contributed by atoms with E-state index in [9.17, 15) is 9.59 Å². The second kappa shape index (κ2) is 8.84. The van der Waals surface area contributed by atoms with Gasteiger partial charge in [0.05, 0.1) is 21.8 Å². The second-order valence-electron chi connectivity index (χ2n) is 7.65. The van der Waals surface area contributed by atoms with Gasteiger partial charge in [0.15, 0.2) is 5.76 Å². The van der Waals surface area contributed by atoms with Crippen molar-refractivity contribution in [3.8, 4) is 0 Å². The molecule has 4 heterocycles. The molecule has 2 amide bonds. The number of hydrogen-bond donors (Lipinski definition) is 2. The van der Waals surface area contributed by atoms with Crippen LogP contribution >= 0.6 is 11.3 Å². The Hall–Kier alpha value is -3.65. The summed E-state index contributed by atoms with van der Waals surface area (Å²) in [5, 5.41) is 8.32. The van der Waals surface area contributed by atoms with Crippen LogP contribution < -0.4 is 15.5 Å². The molecule has 7 nitrogen and oxygen atoms in total. The third-order valence-corrected chi connectivity index (χ3v) is 6.55. The van der Waals surface area contributed by atoms with Gasteiger partial charge in [0.2, 0.25) is 0 Å². The molecule has 1 fully saturated rings. The molecule has 1 aliphatic rings. The minimum absolute atomic E-state index is 0.220. The summed E-state index contributed by atoms with van der Waals surface area (Å²) in [6.45, 7) is 2.09. The van der Waals surface area contributed by atoms with E-state index in [0.717, 1.165) is 23.9 Å². The van der Waals surface area contributed by atoms with Crippen molar-refractivity contribution in [1.82, 2.24) is 4.98 Å². The number of carbonyl (C=O) groups excluding carboxylic acids is 2. The highest BCUT2D eigenvalue weighted by Crippen LogP contribution is 2.34. The fraction of sp³-hybridized carbons (Fsp3) is 0.208. The Balaban J connectivity index is 1.35. The van der Waals surface area contributed by atoms with Gasteiger partial charge in [0.25, 0.3) is 11.8 Å². The molecule has 4 aromatic rings. The maximum absolute atomic E-state index is 12.9. The van der Waals surface area contributed by atoms with E-state index in [1.807, 2.05) is 12.1 Å². The normalized spacial score (nSPS) is 13.8. The number of hydrogen-bond acceptors (Lipinski definition) is 6. The maximum atomic E-state index is 12.9. The van der Waals surface area contributed by atoms with E-state index >= 15 is 0 Å². The Bertz CT molecular complexity index is 1260. The van der Waals surface area contributed by atoms with Crippen LogP contribution in [-0.2, 0) is 0 Å². The van der Waals surface area contributed by atoms with Crippen molar-refractivity contribution in [2.24, 2.45) is 0 Å². The molecule has 1 aliphatic heterocycles. The lowest BCUT2D eigenvalue weighted by Crippen LogP contribution is -2.29. The van der Waals surface area contributed by atoms with Crippen molar-refractivity contribution in [3.05, 3.63) is 71.8 Å². The number of benzene rings is 1. The molecule has 0 saturated carbocycles. The van der Waals surface area contributed by atoms with Gasteiger partial charge >= 0.3 is 0 Å². The van der Waals surface area contributed by atoms with Crippen molar-refractivity contribution in [2.45, 2.75) is 19.3 Å². The second-order valence-corrected chi connectivity index (χ2v) is 8.73. The Morgan fingerprint density at radius 2 is 1.81 bits per heavy atom. The Labute approximate surface area is 189 Å². The predicted octanol–water partition coefficient (Wildman–Crippen LogP) is 5.38. The maximum Gasteiger partial charge on any atom is 0.291 e. The van der Waals surface area contributed by atoms with Crippen LogP contribution in [0.5, 0.6) is 0 Å². The number of pyridine rings is 1. The summed E-state index contributed by atoms with van der Waals surface area (Å²) in [5.74, 6) is -0.365. The molecule has 0 aliphatic carbocycles. The number of amides is 2. The Morgan fingerprint density at radius 3 is 2.62 bits per heavy atom. The first-order valence-corrected chi connectivity index (χ1v) is 11.4. The van der Waals surface area contributed by atoms with E-state index in [0.29, 0.717) is 15.6 Å². The lowest BCUT2D eigenvalue weighted by atomic mass is 10.1. The standard InChI is InChI=1S/C24H22N4O3S/c29-23(20-5-4-14-31-20)27-22-9-8-21(32-22)24(30)26-18-6-7-19(28-12-2-1-3-13-28)16-10-11-25-15-17(16)18/h4-11,14-15H,1-3,12-13H2,(H,26,30)(H,27,29). The SMILES string of the molecule is O=C(Nc1ccc(C(=O)Nc2ccc(N3CCCCC3)c3ccncc23)s1)c1ccco1. The van der Waals surface area contributed by atoms with Crippen molar-refractivity contribution in [2.75, 3.05) is 28.6 Å². The van der Waals surface area contributed by atoms with E-state index in [1.165, 1.54) is 42.5 Å². The minimum atomic E-state index is -0.353. The van der Waals surface area contributed by atoms with Crippen molar-refractivity contribution >= 4 is 50.3 Å². The van der Waals surface area contributed by atoms with Gasteiger partial charge in [0, 0.05) is 41.9 Å². The van der Waals surface area contributed by atoms with Crippen molar-refractivity contribution in [3.63, 3.8) is 0 Å². The third-order valence-electron chi connectivity index (χ3n) is 5.55. The van der Waals surface area contributed by atoms with Gasteiger partial charge in [-0.1, -0.05) is 0 Å². The summed E-state index contributed by atoms with van der Waals surface area (Å²) in [4.78, 5) is 32.2. The van der Waals surface area contributed by atoms with Crippen molar-refractivity contribution in [1.29, 1.82) is 0 Å². The first-order valence-electron chi connectivity index (χ1n) is 10.6. The number of nitrogens with zero attached hydrogens (tertiary/aromatic N) is 2. The van der Waals surface area contributed by atoms with Gasteiger partial charge in [0.1, 0.15) is 0 Å². The summed E-state index contributed by atoms with van der Waals surface area (Å²) in [6.07, 6.45) is 8.69. The number of rotatable bonds is 5. The largest absolute Gasteiger partial charge is 0.459 e. The number of thiophene rings is 1. The number of aromatic nitrogens is 1. The summed E-state index contributed by atoms with van der Waals surface area (Å²) in [7, 11) is 0. The van der Waals surface area contributed by atoms with Crippen LogP contribution in [0.2, 0.25) is 0 Å². The number of carbonyl (C=O) groups is 2. The fourth-order valence-electron chi connectivity index (χ4n) is 3.99. The Kier molecular flexibility index (Phi) is 5.60. The van der Waals surface area contributed by atoms with Crippen LogP contribution in [0.1, 0.15) is 39.5 Å². The monoisotopic (exact) mass is 446 g/mol. The number of nitrogens with one attached hydrogen (secondary N) is 2. The molecule has 3 aromatic heterocycles. The van der Waals surface area contributed by atoms with Gasteiger partial charge in [-0.15, -0.1) is 11.3 Å². The van der Waals surface area contributed by atoms with Crippen molar-refractivity contribution < 1.29 is 14.0 Å². The first kappa shape index (κ1) is 20.3. The molecule has 1 aromatic carbocycles. The smallest absolute Gasteiger partial charge is 0.291 e. The highest BCUT2D eigenvalue weighted by molar-refractivity contribution is 7.18. The summed E-state index contributed by atoms with van der Waals surface area (Å²) in [6, 6.07) is 12.7. The van der Waals surface area contributed by atoms with E-state index < -0.39 is 0 Å². The van der Waals surface area contributed by atoms with E-state index in [-0.39, 0.29) is 17.6 Å². The first-order chi connectivity index (χ1) is 15.7. The molecule has 2 N–H and O–H groups in total.